The van der Waals surface area contributed by atoms with Gasteiger partial charge in [-0.15, -0.1) is 11.6 Å². The zero-order chi connectivity index (χ0) is 14.9. The summed E-state index contributed by atoms with van der Waals surface area (Å²) in [7, 11) is 0. The number of nitrogens with zero attached hydrogens (tertiary/aromatic N) is 1. The average molecular weight is 300 g/mol. The Balaban J connectivity index is 2.25. The normalized spacial score (nSPS) is 21.9. The number of carbonyl (C=O) groups is 1. The van der Waals surface area contributed by atoms with Gasteiger partial charge in [-0.3, -0.25) is 4.79 Å². The summed E-state index contributed by atoms with van der Waals surface area (Å²) in [6.45, 7) is 6.54. The highest BCUT2D eigenvalue weighted by Gasteiger charge is 2.35. The highest BCUT2D eigenvalue weighted by atomic mass is 35.5. The molecule has 1 atom stereocenters. The zero-order valence-electron chi connectivity index (χ0n) is 12.0. The van der Waals surface area contributed by atoms with E-state index in [1.54, 1.807) is 17.9 Å². The van der Waals surface area contributed by atoms with Gasteiger partial charge in [0.2, 0.25) is 0 Å². The van der Waals surface area contributed by atoms with Crippen molar-refractivity contribution in [2.24, 2.45) is 0 Å². The summed E-state index contributed by atoms with van der Waals surface area (Å²) in [5.41, 5.74) is 0.716. The summed E-state index contributed by atoms with van der Waals surface area (Å²) in [5, 5.41) is 0. The van der Waals surface area contributed by atoms with Gasteiger partial charge in [0, 0.05) is 18.7 Å². The molecule has 0 radical (unpaired) electrons. The van der Waals surface area contributed by atoms with Gasteiger partial charge in [0.15, 0.2) is 0 Å². The Morgan fingerprint density at radius 2 is 2.25 bits per heavy atom. The molecule has 1 aromatic carbocycles. The molecular formula is C15H19ClFNO2. The SMILES string of the molecule is Cc1ccc(F)cc1C(=O)N1CC(CCl)OC(C)(C)C1. The first-order valence-electron chi connectivity index (χ1n) is 6.61. The molecular weight excluding hydrogens is 281 g/mol. The first-order chi connectivity index (χ1) is 9.32. The predicted molar refractivity (Wildman–Crippen MR) is 76.7 cm³/mol. The van der Waals surface area contributed by atoms with E-state index in [0.29, 0.717) is 24.5 Å². The van der Waals surface area contributed by atoms with Gasteiger partial charge in [-0.1, -0.05) is 6.07 Å². The van der Waals surface area contributed by atoms with Crippen molar-refractivity contribution >= 4 is 17.5 Å². The largest absolute Gasteiger partial charge is 0.367 e. The van der Waals surface area contributed by atoms with Gasteiger partial charge in [0.25, 0.3) is 5.91 Å². The molecule has 1 aliphatic heterocycles. The van der Waals surface area contributed by atoms with Crippen LogP contribution in [0.3, 0.4) is 0 Å². The lowest BCUT2D eigenvalue weighted by molar-refractivity contribution is -0.117. The second kappa shape index (κ2) is 5.70. The molecule has 1 heterocycles. The van der Waals surface area contributed by atoms with Crippen LogP contribution in [0.4, 0.5) is 4.39 Å². The molecule has 0 N–H and O–H groups in total. The van der Waals surface area contributed by atoms with Crippen molar-refractivity contribution in [1.29, 1.82) is 0 Å². The van der Waals surface area contributed by atoms with Crippen LogP contribution in [0.2, 0.25) is 0 Å². The van der Waals surface area contributed by atoms with Crippen molar-refractivity contribution in [2.45, 2.75) is 32.5 Å². The first kappa shape index (κ1) is 15.3. The molecule has 0 bridgehead atoms. The lowest BCUT2D eigenvalue weighted by atomic mass is 10.0. The molecule has 5 heteroatoms. The molecule has 3 nitrogen and oxygen atoms in total. The number of rotatable bonds is 2. The van der Waals surface area contributed by atoms with Crippen molar-refractivity contribution < 1.29 is 13.9 Å². The molecule has 2 rings (SSSR count). The van der Waals surface area contributed by atoms with E-state index in [-0.39, 0.29) is 12.0 Å². The number of hydrogen-bond donors (Lipinski definition) is 0. The van der Waals surface area contributed by atoms with Gasteiger partial charge >= 0.3 is 0 Å². The fraction of sp³-hybridized carbons (Fsp3) is 0.533. The second-order valence-electron chi connectivity index (χ2n) is 5.80. The Hall–Kier alpha value is -1.13. The lowest BCUT2D eigenvalue weighted by Crippen LogP contribution is -2.55. The number of benzene rings is 1. The molecule has 1 aromatic rings. The average Bonchev–Trinajstić information content (AvgIpc) is 2.38. The van der Waals surface area contributed by atoms with Crippen LogP contribution in [0.1, 0.15) is 29.8 Å². The van der Waals surface area contributed by atoms with Crippen LogP contribution < -0.4 is 0 Å². The Morgan fingerprint density at radius 3 is 2.90 bits per heavy atom. The van der Waals surface area contributed by atoms with Crippen molar-refractivity contribution in [3.63, 3.8) is 0 Å². The second-order valence-corrected chi connectivity index (χ2v) is 6.11. The van der Waals surface area contributed by atoms with Crippen molar-refractivity contribution in [3.8, 4) is 0 Å². The summed E-state index contributed by atoms with van der Waals surface area (Å²) in [4.78, 5) is 14.3. The standard InChI is InChI=1S/C15H19ClFNO2/c1-10-4-5-11(17)6-13(10)14(19)18-8-12(7-16)20-15(2,3)9-18/h4-6,12H,7-9H2,1-3H3. The minimum absolute atomic E-state index is 0.173. The number of hydrogen-bond acceptors (Lipinski definition) is 2. The minimum atomic E-state index is -0.450. The van der Waals surface area contributed by atoms with E-state index < -0.39 is 11.4 Å². The zero-order valence-corrected chi connectivity index (χ0v) is 12.7. The number of carbonyl (C=O) groups excluding carboxylic acids is 1. The number of alkyl halides is 1. The van der Waals surface area contributed by atoms with Crippen LogP contribution in [0.5, 0.6) is 0 Å². The fourth-order valence-electron chi connectivity index (χ4n) is 2.53. The van der Waals surface area contributed by atoms with Crippen LogP contribution in [-0.4, -0.2) is 41.5 Å². The third-order valence-corrected chi connectivity index (χ3v) is 3.71. The number of halogens is 2. The molecule has 20 heavy (non-hydrogen) atoms. The number of ether oxygens (including phenoxy) is 1. The molecule has 1 aliphatic rings. The summed E-state index contributed by atoms with van der Waals surface area (Å²) in [6.07, 6.45) is -0.196. The van der Waals surface area contributed by atoms with Gasteiger partial charge in [0.05, 0.1) is 17.6 Å². The fourth-order valence-corrected chi connectivity index (χ4v) is 2.69. The van der Waals surface area contributed by atoms with Crippen LogP contribution in [0.25, 0.3) is 0 Å². The number of morpholine rings is 1. The van der Waals surface area contributed by atoms with Crippen LogP contribution in [0.15, 0.2) is 18.2 Å². The van der Waals surface area contributed by atoms with E-state index in [0.717, 1.165) is 5.56 Å². The van der Waals surface area contributed by atoms with E-state index in [1.165, 1.54) is 12.1 Å². The van der Waals surface area contributed by atoms with Crippen LogP contribution in [0, 0.1) is 12.7 Å². The smallest absolute Gasteiger partial charge is 0.254 e. The summed E-state index contributed by atoms with van der Waals surface area (Å²) >= 11 is 5.86. The van der Waals surface area contributed by atoms with Crippen molar-refractivity contribution in [3.05, 3.63) is 35.1 Å². The van der Waals surface area contributed by atoms with E-state index in [4.69, 9.17) is 16.3 Å². The predicted octanol–water partition coefficient (Wildman–Crippen LogP) is 2.99. The minimum Gasteiger partial charge on any atom is -0.367 e. The summed E-state index contributed by atoms with van der Waals surface area (Å²) in [5.74, 6) is -0.246. The Bertz CT molecular complexity index is 519. The highest BCUT2D eigenvalue weighted by molar-refractivity contribution is 6.18. The third kappa shape index (κ3) is 3.30. The summed E-state index contributed by atoms with van der Waals surface area (Å²) in [6, 6.07) is 4.26. The van der Waals surface area contributed by atoms with E-state index in [2.05, 4.69) is 0 Å². The molecule has 1 saturated heterocycles. The molecule has 0 saturated carbocycles. The van der Waals surface area contributed by atoms with Crippen LogP contribution in [-0.2, 0) is 4.74 Å². The van der Waals surface area contributed by atoms with Crippen molar-refractivity contribution in [2.75, 3.05) is 19.0 Å². The maximum Gasteiger partial charge on any atom is 0.254 e. The van der Waals surface area contributed by atoms with Gasteiger partial charge < -0.3 is 9.64 Å². The van der Waals surface area contributed by atoms with Crippen molar-refractivity contribution in [1.82, 2.24) is 4.90 Å². The molecule has 0 spiro atoms. The molecule has 1 fully saturated rings. The van der Waals surface area contributed by atoms with Gasteiger partial charge in [0.1, 0.15) is 5.82 Å². The quantitative estimate of drug-likeness (QED) is 0.786. The van der Waals surface area contributed by atoms with E-state index in [9.17, 15) is 9.18 Å². The molecule has 0 aliphatic carbocycles. The van der Waals surface area contributed by atoms with Gasteiger partial charge in [-0.05, 0) is 38.5 Å². The lowest BCUT2D eigenvalue weighted by Gasteiger charge is -2.42. The monoisotopic (exact) mass is 299 g/mol. The summed E-state index contributed by atoms with van der Waals surface area (Å²) < 4.78 is 19.1. The van der Waals surface area contributed by atoms with Gasteiger partial charge in [-0.25, -0.2) is 4.39 Å². The number of amides is 1. The van der Waals surface area contributed by atoms with Gasteiger partial charge in [-0.2, -0.15) is 0 Å². The molecule has 1 amide bonds. The highest BCUT2D eigenvalue weighted by Crippen LogP contribution is 2.24. The maximum absolute atomic E-state index is 13.4. The number of aryl methyl sites for hydroxylation is 1. The first-order valence-corrected chi connectivity index (χ1v) is 7.15. The van der Waals surface area contributed by atoms with Crippen LogP contribution >= 0.6 is 11.6 Å². The van der Waals surface area contributed by atoms with E-state index in [1.807, 2.05) is 13.8 Å². The topological polar surface area (TPSA) is 29.5 Å². The molecule has 0 aromatic heterocycles. The molecule has 1 unspecified atom stereocenters. The molecule has 110 valence electrons. The maximum atomic E-state index is 13.4. The third-order valence-electron chi connectivity index (χ3n) is 3.37. The Kier molecular flexibility index (Phi) is 4.35. The van der Waals surface area contributed by atoms with E-state index >= 15 is 0 Å². The Labute approximate surface area is 123 Å². The Morgan fingerprint density at radius 1 is 1.55 bits per heavy atom.